The zero-order chi connectivity index (χ0) is 12.2. The van der Waals surface area contributed by atoms with Crippen molar-refractivity contribution in [2.75, 3.05) is 13.1 Å². The first-order valence-corrected chi connectivity index (χ1v) is 5.98. The fraction of sp³-hybridized carbons (Fsp3) is 0.417. The van der Waals surface area contributed by atoms with Crippen LogP contribution in [0.1, 0.15) is 19.4 Å². The number of amides is 1. The van der Waals surface area contributed by atoms with Crippen molar-refractivity contribution in [1.82, 2.24) is 5.32 Å². The minimum atomic E-state index is -0.120. The Labute approximate surface area is 105 Å². The predicted molar refractivity (Wildman–Crippen MR) is 69.2 cm³/mol. The molecule has 0 atom stereocenters. The van der Waals surface area contributed by atoms with Crippen molar-refractivity contribution in [2.45, 2.75) is 19.3 Å². The molecule has 1 rings (SSSR count). The summed E-state index contributed by atoms with van der Waals surface area (Å²) >= 11 is 3.40. The Balaban J connectivity index is 2.69. The lowest BCUT2D eigenvalue weighted by Crippen LogP contribution is -2.39. The zero-order valence-corrected chi connectivity index (χ0v) is 11.2. The Morgan fingerprint density at radius 1 is 1.38 bits per heavy atom. The third-order valence-electron chi connectivity index (χ3n) is 2.54. The van der Waals surface area contributed by atoms with Crippen LogP contribution in [0, 0.1) is 0 Å². The van der Waals surface area contributed by atoms with Crippen molar-refractivity contribution in [2.24, 2.45) is 5.73 Å². The third-order valence-corrected chi connectivity index (χ3v) is 3.07. The summed E-state index contributed by atoms with van der Waals surface area (Å²) in [5, 5.41) is 2.81. The topological polar surface area (TPSA) is 55.1 Å². The van der Waals surface area contributed by atoms with Gasteiger partial charge in [-0.2, -0.15) is 0 Å². The molecular weight excluding hydrogens is 268 g/mol. The smallest absolute Gasteiger partial charge is 0.233 e. The van der Waals surface area contributed by atoms with E-state index in [1.165, 1.54) is 5.56 Å². The van der Waals surface area contributed by atoms with E-state index in [2.05, 4.69) is 47.2 Å². The average molecular weight is 285 g/mol. The van der Waals surface area contributed by atoms with E-state index in [0.29, 0.717) is 6.54 Å². The molecule has 0 spiro atoms. The van der Waals surface area contributed by atoms with Gasteiger partial charge in [0, 0.05) is 16.4 Å². The molecule has 3 N–H and O–H groups in total. The highest BCUT2D eigenvalue weighted by atomic mass is 79.9. The van der Waals surface area contributed by atoms with Crippen LogP contribution in [-0.2, 0) is 10.2 Å². The van der Waals surface area contributed by atoms with Crippen molar-refractivity contribution in [3.63, 3.8) is 0 Å². The highest BCUT2D eigenvalue weighted by Crippen LogP contribution is 2.23. The molecule has 0 aromatic heterocycles. The maximum absolute atomic E-state index is 11.1. The van der Waals surface area contributed by atoms with Gasteiger partial charge in [0.25, 0.3) is 0 Å². The normalized spacial score (nSPS) is 11.2. The van der Waals surface area contributed by atoms with E-state index in [9.17, 15) is 4.79 Å². The van der Waals surface area contributed by atoms with Crippen molar-refractivity contribution in [1.29, 1.82) is 0 Å². The number of carbonyl (C=O) groups excluding carboxylic acids is 1. The van der Waals surface area contributed by atoms with Gasteiger partial charge in [0.1, 0.15) is 0 Å². The van der Waals surface area contributed by atoms with E-state index < -0.39 is 0 Å². The lowest BCUT2D eigenvalue weighted by atomic mass is 9.84. The second kappa shape index (κ2) is 5.46. The van der Waals surface area contributed by atoms with Crippen molar-refractivity contribution in [3.05, 3.63) is 34.3 Å². The first kappa shape index (κ1) is 13.2. The van der Waals surface area contributed by atoms with Gasteiger partial charge in [0.15, 0.2) is 0 Å². The van der Waals surface area contributed by atoms with Crippen LogP contribution >= 0.6 is 15.9 Å². The standard InChI is InChI=1S/C12H17BrN2O/c1-12(2,8-15-11(16)7-14)9-3-5-10(13)6-4-9/h3-6H,7-8,14H2,1-2H3,(H,15,16). The number of nitrogens with two attached hydrogens (primary N) is 1. The number of halogens is 1. The van der Waals surface area contributed by atoms with Gasteiger partial charge in [-0.25, -0.2) is 0 Å². The molecule has 0 bridgehead atoms. The molecule has 0 unspecified atom stereocenters. The minimum Gasteiger partial charge on any atom is -0.354 e. The maximum atomic E-state index is 11.1. The van der Waals surface area contributed by atoms with Gasteiger partial charge in [-0.05, 0) is 17.7 Å². The van der Waals surface area contributed by atoms with Crippen molar-refractivity contribution in [3.8, 4) is 0 Å². The van der Waals surface area contributed by atoms with Crippen LogP contribution in [-0.4, -0.2) is 19.0 Å². The Hall–Kier alpha value is -0.870. The second-order valence-electron chi connectivity index (χ2n) is 4.37. The SMILES string of the molecule is CC(C)(CNC(=O)CN)c1ccc(Br)cc1. The predicted octanol–water partition coefficient (Wildman–Crippen LogP) is 1.80. The molecule has 1 amide bonds. The molecule has 1 aromatic rings. The number of hydrogen-bond donors (Lipinski definition) is 2. The number of benzene rings is 1. The summed E-state index contributed by atoms with van der Waals surface area (Å²) in [4.78, 5) is 11.1. The monoisotopic (exact) mass is 284 g/mol. The van der Waals surface area contributed by atoms with Crippen LogP contribution in [0.3, 0.4) is 0 Å². The third kappa shape index (κ3) is 3.61. The molecule has 0 aliphatic carbocycles. The second-order valence-corrected chi connectivity index (χ2v) is 5.29. The number of hydrogen-bond acceptors (Lipinski definition) is 2. The summed E-state index contributed by atoms with van der Waals surface area (Å²) in [5.74, 6) is -0.120. The molecule has 1 aromatic carbocycles. The fourth-order valence-electron chi connectivity index (χ4n) is 1.39. The van der Waals surface area contributed by atoms with Gasteiger partial charge < -0.3 is 11.1 Å². The number of nitrogens with one attached hydrogen (secondary N) is 1. The minimum absolute atomic E-state index is 0.0381. The molecule has 0 saturated carbocycles. The van der Waals surface area contributed by atoms with Crippen LogP contribution in [0.2, 0.25) is 0 Å². The largest absolute Gasteiger partial charge is 0.354 e. The summed E-state index contributed by atoms with van der Waals surface area (Å²) in [5.41, 5.74) is 6.34. The van der Waals surface area contributed by atoms with E-state index in [-0.39, 0.29) is 17.9 Å². The van der Waals surface area contributed by atoms with Crippen molar-refractivity contribution >= 4 is 21.8 Å². The maximum Gasteiger partial charge on any atom is 0.233 e. The summed E-state index contributed by atoms with van der Waals surface area (Å²) in [6, 6.07) is 8.11. The Kier molecular flexibility index (Phi) is 4.50. The van der Waals surface area contributed by atoms with Crippen molar-refractivity contribution < 1.29 is 4.79 Å². The van der Waals surface area contributed by atoms with Gasteiger partial charge in [0.05, 0.1) is 6.54 Å². The lowest BCUT2D eigenvalue weighted by molar-refractivity contribution is -0.119. The molecule has 0 fully saturated rings. The molecule has 3 nitrogen and oxygen atoms in total. The molecule has 16 heavy (non-hydrogen) atoms. The van der Waals surface area contributed by atoms with Crippen LogP contribution in [0.5, 0.6) is 0 Å². The Morgan fingerprint density at radius 3 is 2.44 bits per heavy atom. The van der Waals surface area contributed by atoms with Gasteiger partial charge in [-0.1, -0.05) is 41.9 Å². The van der Waals surface area contributed by atoms with Crippen LogP contribution in [0.25, 0.3) is 0 Å². The highest BCUT2D eigenvalue weighted by Gasteiger charge is 2.20. The molecule has 88 valence electrons. The molecule has 0 radical (unpaired) electrons. The van der Waals surface area contributed by atoms with Crippen LogP contribution in [0.4, 0.5) is 0 Å². The molecular formula is C12H17BrN2O. The van der Waals surface area contributed by atoms with Gasteiger partial charge >= 0.3 is 0 Å². The average Bonchev–Trinajstić information content (AvgIpc) is 2.26. The quantitative estimate of drug-likeness (QED) is 0.886. The molecule has 0 aliphatic rings. The summed E-state index contributed by atoms with van der Waals surface area (Å²) in [6.07, 6.45) is 0. The van der Waals surface area contributed by atoms with Gasteiger partial charge in [-0.3, -0.25) is 4.79 Å². The summed E-state index contributed by atoms with van der Waals surface area (Å²) in [7, 11) is 0. The highest BCUT2D eigenvalue weighted by molar-refractivity contribution is 9.10. The summed E-state index contributed by atoms with van der Waals surface area (Å²) in [6.45, 7) is 4.81. The van der Waals surface area contributed by atoms with E-state index in [1.807, 2.05) is 12.1 Å². The zero-order valence-electron chi connectivity index (χ0n) is 9.59. The molecule has 4 heteroatoms. The number of rotatable bonds is 4. The molecule has 0 aliphatic heterocycles. The summed E-state index contributed by atoms with van der Waals surface area (Å²) < 4.78 is 1.05. The van der Waals surface area contributed by atoms with E-state index in [0.717, 1.165) is 4.47 Å². The first-order valence-electron chi connectivity index (χ1n) is 5.18. The van der Waals surface area contributed by atoms with Gasteiger partial charge in [-0.15, -0.1) is 0 Å². The molecule has 0 heterocycles. The van der Waals surface area contributed by atoms with E-state index >= 15 is 0 Å². The molecule has 0 saturated heterocycles. The van der Waals surface area contributed by atoms with E-state index in [1.54, 1.807) is 0 Å². The lowest BCUT2D eigenvalue weighted by Gasteiger charge is -2.25. The first-order chi connectivity index (χ1) is 7.45. The number of carbonyl (C=O) groups is 1. The van der Waals surface area contributed by atoms with Crippen LogP contribution < -0.4 is 11.1 Å². The van der Waals surface area contributed by atoms with Crippen LogP contribution in [0.15, 0.2) is 28.7 Å². The Bertz CT molecular complexity index is 360. The van der Waals surface area contributed by atoms with E-state index in [4.69, 9.17) is 5.73 Å². The fourth-order valence-corrected chi connectivity index (χ4v) is 1.66. The van der Waals surface area contributed by atoms with Gasteiger partial charge in [0.2, 0.25) is 5.91 Å². The Morgan fingerprint density at radius 2 is 1.94 bits per heavy atom.